The zero-order valence-corrected chi connectivity index (χ0v) is 88.6. The maximum absolute atomic E-state index is 13.3. The summed E-state index contributed by atoms with van der Waals surface area (Å²) in [5, 5.41) is 0. The van der Waals surface area contributed by atoms with Crippen molar-refractivity contribution < 1.29 is 131 Å². The van der Waals surface area contributed by atoms with E-state index in [1.165, 1.54) is 46.6 Å². The summed E-state index contributed by atoms with van der Waals surface area (Å²) < 4.78 is 326. The van der Waals surface area contributed by atoms with Crippen molar-refractivity contribution in [2.24, 2.45) is 67.9 Å². The van der Waals surface area contributed by atoms with Gasteiger partial charge in [0.2, 0.25) is 0 Å². The van der Waals surface area contributed by atoms with Gasteiger partial charge >= 0.3 is 0 Å². The molecule has 12 aliphatic heterocycles. The average molecular weight is 2020 g/mol. The maximum Gasteiger partial charge on any atom is 0.161 e. The third-order valence-corrected chi connectivity index (χ3v) is 28.2. The number of ketones is 6. The van der Waals surface area contributed by atoms with Crippen molar-refractivity contribution in [1.29, 1.82) is 0 Å². The Balaban J connectivity index is 0.000000173. The van der Waals surface area contributed by atoms with Gasteiger partial charge in [0.15, 0.2) is 69.0 Å². The summed E-state index contributed by atoms with van der Waals surface area (Å²) >= 11 is 0. The molecule has 12 heterocycles. The maximum atomic E-state index is 13.3. The molecule has 0 aliphatic carbocycles. The molecule has 792 valence electrons. The van der Waals surface area contributed by atoms with Crippen LogP contribution in [0.1, 0.15) is 350 Å². The van der Waals surface area contributed by atoms with Crippen molar-refractivity contribution in [1.82, 2.24) is 29.4 Å². The highest BCUT2D eigenvalue weighted by molar-refractivity contribution is 5.87. The van der Waals surface area contributed by atoms with Gasteiger partial charge in [-0.25, -0.2) is 0 Å². The van der Waals surface area contributed by atoms with Crippen LogP contribution in [0.25, 0.3) is 0 Å². The molecule has 18 rings (SSSR count). The molecule has 24 nitrogen and oxygen atoms in total. The highest BCUT2D eigenvalue weighted by Crippen LogP contribution is 2.53. The van der Waals surface area contributed by atoms with Crippen molar-refractivity contribution >= 4 is 34.7 Å². The molecule has 0 saturated carbocycles. The van der Waals surface area contributed by atoms with Crippen molar-refractivity contribution in [3.05, 3.63) is 140 Å². The van der Waals surface area contributed by atoms with Crippen LogP contribution < -0.4 is 56.8 Å². The zero-order chi connectivity index (χ0) is 133. The number of Topliss-reactive ketones (excluding diaryl/α,β-unsaturated/α-hetero) is 6. The smallest absolute Gasteiger partial charge is 0.161 e. The van der Waals surface area contributed by atoms with Crippen LogP contribution in [0, 0.1) is 67.9 Å². The Morgan fingerprint density at radius 1 is 0.250 bits per heavy atom. The van der Waals surface area contributed by atoms with Crippen molar-refractivity contribution in [2.75, 3.05) is 163 Å². The van der Waals surface area contributed by atoms with E-state index in [0.29, 0.717) is 137 Å². The highest BCUT2D eigenvalue weighted by atomic mass is 16.5. The first-order chi connectivity index (χ1) is 80.4. The summed E-state index contributed by atoms with van der Waals surface area (Å²) in [5.74, 6) is -7.09. The second-order valence-electron chi connectivity index (χ2n) is 46.9. The highest BCUT2D eigenvalue weighted by Gasteiger charge is 2.48. The number of hydrogen-bond donors (Lipinski definition) is 0. The summed E-state index contributed by atoms with van der Waals surface area (Å²) in [6.07, 6.45) is -0.616. The lowest BCUT2D eigenvalue weighted by Gasteiger charge is -2.44. The standard InChI is InChI=1S/6C20H29NO3/c6*1-20(2,3)11-14-12-21-7-6-13-8-18(23-4)19(24-5)9-15(13)16(21)10-17(14)22/h6*8-9,14,16H,6-7,10-12H2,1-5H3/t6*14-,16-/m000000/s1/i4D3,5D3,10D2,14D;5D3,10D2,14D;4D3,10D2,14D;5D3,12D2;4D3,12D2;12D2. The van der Waals surface area contributed by atoms with Gasteiger partial charge in [0.05, 0.1) is 110 Å². The third kappa shape index (κ3) is 27.2. The number of rotatable bonds is 18. The van der Waals surface area contributed by atoms with Gasteiger partial charge < -0.3 is 56.8 Å². The summed E-state index contributed by atoms with van der Waals surface area (Å²) in [6.45, 7) is 33.7. The Kier molecular flexibility index (Phi) is 24.1. The van der Waals surface area contributed by atoms with E-state index in [0.717, 1.165) is 50.9 Å². The van der Waals surface area contributed by atoms with Gasteiger partial charge in [-0.05, 0) is 249 Å². The molecule has 6 aromatic rings. The van der Waals surface area contributed by atoms with Crippen molar-refractivity contribution in [2.45, 2.75) is 276 Å². The van der Waals surface area contributed by atoms with Crippen LogP contribution in [0.3, 0.4) is 0 Å². The predicted octanol–water partition coefficient (Wildman–Crippen LogP) is 21.8. The molecule has 0 unspecified atom stereocenters. The van der Waals surface area contributed by atoms with Gasteiger partial charge in [-0.3, -0.25) is 58.2 Å². The van der Waals surface area contributed by atoms with Crippen molar-refractivity contribution in [3.8, 4) is 69.0 Å². The molecule has 144 heavy (non-hydrogen) atoms. The Bertz CT molecular complexity index is 7060. The van der Waals surface area contributed by atoms with Crippen LogP contribution in [0.4, 0.5) is 0 Å². The predicted molar refractivity (Wildman–Crippen MR) is 569 cm³/mol. The summed E-state index contributed by atoms with van der Waals surface area (Å²) in [5.41, 5.74) is 7.53. The third-order valence-electron chi connectivity index (χ3n) is 28.2. The normalized spacial score (nSPS) is 31.8. The van der Waals surface area contributed by atoms with E-state index >= 15 is 0 Å². The van der Waals surface area contributed by atoms with E-state index < -0.39 is 164 Å². The van der Waals surface area contributed by atoms with E-state index in [-0.39, 0.29) is 159 Å². The van der Waals surface area contributed by atoms with Gasteiger partial charge in [-0.15, -0.1) is 0 Å². The molecule has 12 aliphatic rings. The van der Waals surface area contributed by atoms with Gasteiger partial charge in [0, 0.05) is 209 Å². The first kappa shape index (κ1) is 74.6. The number of fused-ring (bicyclic) bond motifs is 18. The first-order valence-electron chi connectivity index (χ1n) is 66.5. The van der Waals surface area contributed by atoms with Crippen LogP contribution in [0.15, 0.2) is 72.8 Å². The Hall–Kier alpha value is -9.30. The molecule has 0 bridgehead atoms. The number of carbonyl (C=O) groups excluding carboxylic acids is 6. The Morgan fingerprint density at radius 3 is 0.611 bits per heavy atom. The molecule has 0 amide bonds. The SMILES string of the molecule is [2H]C([2H])([2H])Oc1cc2c(cc1OC([2H])([2H])[2H])[C@H]1N(CC2)C[C@]([2H])(CC(C)(C)C)C(=O)C1([2H])[2H].[2H]C([2H])([2H])Oc1cc2c(cc1OC)CCN1C[C@]([2H])(CC(C)(C)C)C(=O)C([2H])([2H])[C@@H]21.[2H]C([2H])([2H])Oc1cc2c(cc1OC)CCN1[C@H]2CC(=O)[C@@H](CC(C)(C)C)C1([2H])[2H].[2H]C([2H])([2H])Oc1cc2c(cc1OC)[C@@H]1CC(=O)[C@@H](CC(C)(C)C)C([2H])([2H])N1CC2.[2H]C([2H])([2H])Oc1cc2c(cc1OC)[C@H]1N(CC2)C[C@]([2H])(CC(C)(C)C)C(=O)C1([2H])[2H].[2H]C1([2H])[C@H](CC(C)(C)C)C(=O)C[C@H]2c3cc(OC)c(OC)cc3CCN21. The molecule has 0 spiro atoms. The molecule has 24 heteroatoms. The molecular formula is C120H174N6O18. The Morgan fingerprint density at radius 2 is 0.424 bits per heavy atom. The quantitative estimate of drug-likeness (QED) is 0.0778. The van der Waals surface area contributed by atoms with E-state index in [9.17, 15) is 28.8 Å². The second kappa shape index (κ2) is 46.6. The van der Waals surface area contributed by atoms with Crippen LogP contribution >= 0.6 is 0 Å². The minimum Gasteiger partial charge on any atom is -0.493 e. The fourth-order valence-corrected chi connectivity index (χ4v) is 21.8. The topological polar surface area (TPSA) is 233 Å². The molecule has 6 fully saturated rings. The molecular weight excluding hydrogens is 1810 g/mol. The van der Waals surface area contributed by atoms with E-state index in [2.05, 4.69) is 20.8 Å². The number of carbonyl (C=O) groups is 6. The Labute approximate surface area is 908 Å². The lowest BCUT2D eigenvalue weighted by atomic mass is 9.76. The summed E-state index contributed by atoms with van der Waals surface area (Å²) in [7, 11) is -7.45. The summed E-state index contributed by atoms with van der Waals surface area (Å²) in [6, 6.07) is 15.5. The monoisotopic (exact) mass is 2020 g/mol. The number of ether oxygens (including phenoxy) is 12. The number of nitrogens with zero attached hydrogens (tertiary/aromatic N) is 6. The van der Waals surface area contributed by atoms with Crippen LogP contribution in [-0.4, -0.2) is 227 Å². The largest absolute Gasteiger partial charge is 0.493 e. The van der Waals surface area contributed by atoms with E-state index in [1.807, 2.05) is 131 Å². The molecule has 0 N–H and O–H groups in total. The average Bonchev–Trinajstić information content (AvgIpc) is 0.715. The fraction of sp³-hybridized carbons (Fsp3) is 0.650. The van der Waals surface area contributed by atoms with Gasteiger partial charge in [0.25, 0.3) is 0 Å². The lowest BCUT2D eigenvalue weighted by molar-refractivity contribution is -0.130. The molecule has 6 saturated heterocycles. The zero-order valence-electron chi connectivity index (χ0n) is 122. The number of hydrogen-bond acceptors (Lipinski definition) is 24. The van der Waals surface area contributed by atoms with E-state index in [1.54, 1.807) is 71.4 Å². The fourth-order valence-electron chi connectivity index (χ4n) is 21.8. The minimum absolute atomic E-state index is 0.0150. The van der Waals surface area contributed by atoms with Crippen LogP contribution in [-0.2, 0) is 67.3 Å². The second-order valence-corrected chi connectivity index (χ2v) is 46.9. The minimum atomic E-state index is -2.90. The van der Waals surface area contributed by atoms with E-state index in [4.69, 9.17) is 102 Å². The molecule has 12 atom stereocenters. The lowest BCUT2D eigenvalue weighted by Crippen LogP contribution is -2.47. The number of methoxy groups -OCH3 is 12. The number of piperidine rings is 6. The van der Waals surface area contributed by atoms with Crippen LogP contribution in [0.2, 0.25) is 0 Å². The number of benzene rings is 6. The van der Waals surface area contributed by atoms with Gasteiger partial charge in [-0.2, -0.15) is 0 Å². The van der Waals surface area contributed by atoms with Crippen LogP contribution in [0.5, 0.6) is 69.0 Å². The van der Waals surface area contributed by atoms with Crippen molar-refractivity contribution in [3.63, 3.8) is 0 Å². The summed E-state index contributed by atoms with van der Waals surface area (Å²) in [4.78, 5) is 89.4. The molecule has 6 aromatic carbocycles. The first-order valence-corrected chi connectivity index (χ1v) is 50.0. The van der Waals surface area contributed by atoms with Gasteiger partial charge in [-0.1, -0.05) is 125 Å². The van der Waals surface area contributed by atoms with Gasteiger partial charge in [0.1, 0.15) is 34.7 Å². The molecule has 0 radical (unpaired) electrons. The molecule has 0 aromatic heterocycles.